The van der Waals surface area contributed by atoms with E-state index in [0.717, 1.165) is 26.0 Å². The zero-order valence-electron chi connectivity index (χ0n) is 9.57. The molecule has 0 aliphatic rings. The van der Waals surface area contributed by atoms with Crippen LogP contribution in [0.5, 0.6) is 0 Å². The minimum Gasteiger partial charge on any atom is -0.383 e. The van der Waals surface area contributed by atoms with Gasteiger partial charge in [0.25, 0.3) is 0 Å². The zero-order chi connectivity index (χ0) is 10.9. The van der Waals surface area contributed by atoms with Crippen LogP contribution in [0.4, 0.5) is 0 Å². The van der Waals surface area contributed by atoms with Crippen molar-refractivity contribution in [3.05, 3.63) is 30.1 Å². The smallest absolute Gasteiger partial charge is 0.0615 e. The van der Waals surface area contributed by atoms with Crippen molar-refractivity contribution in [2.75, 3.05) is 20.3 Å². The van der Waals surface area contributed by atoms with Crippen LogP contribution in [0.15, 0.2) is 24.5 Å². The SMILES string of the molecule is CCC(COC)NCCc1ccncc1. The summed E-state index contributed by atoms with van der Waals surface area (Å²) in [6.45, 7) is 3.95. The van der Waals surface area contributed by atoms with E-state index in [2.05, 4.69) is 29.4 Å². The second kappa shape index (κ2) is 7.37. The Kier molecular flexibility index (Phi) is 5.97. The predicted molar refractivity (Wildman–Crippen MR) is 61.9 cm³/mol. The highest BCUT2D eigenvalue weighted by molar-refractivity contribution is 5.09. The first-order chi connectivity index (χ1) is 7.36. The molecule has 1 unspecified atom stereocenters. The van der Waals surface area contributed by atoms with Gasteiger partial charge in [-0.15, -0.1) is 0 Å². The molecule has 84 valence electrons. The van der Waals surface area contributed by atoms with E-state index < -0.39 is 0 Å². The fourth-order valence-corrected chi connectivity index (χ4v) is 1.49. The van der Waals surface area contributed by atoms with Gasteiger partial charge in [0.1, 0.15) is 0 Å². The first kappa shape index (κ1) is 12.1. The number of nitrogens with one attached hydrogen (secondary N) is 1. The molecule has 0 aliphatic carbocycles. The summed E-state index contributed by atoms with van der Waals surface area (Å²) in [5.41, 5.74) is 1.32. The number of rotatable bonds is 7. The zero-order valence-corrected chi connectivity index (χ0v) is 9.57. The van der Waals surface area contributed by atoms with Gasteiger partial charge in [-0.3, -0.25) is 4.98 Å². The second-order valence-corrected chi connectivity index (χ2v) is 3.62. The van der Waals surface area contributed by atoms with Crippen LogP contribution in [0.1, 0.15) is 18.9 Å². The van der Waals surface area contributed by atoms with Crippen molar-refractivity contribution in [2.45, 2.75) is 25.8 Å². The monoisotopic (exact) mass is 208 g/mol. The second-order valence-electron chi connectivity index (χ2n) is 3.62. The van der Waals surface area contributed by atoms with Gasteiger partial charge in [0.05, 0.1) is 6.61 Å². The number of nitrogens with zero attached hydrogens (tertiary/aromatic N) is 1. The third kappa shape index (κ3) is 4.91. The Bertz CT molecular complexity index is 251. The minimum atomic E-state index is 0.469. The fourth-order valence-electron chi connectivity index (χ4n) is 1.49. The molecule has 1 atom stereocenters. The largest absolute Gasteiger partial charge is 0.383 e. The molecule has 1 aromatic heterocycles. The van der Waals surface area contributed by atoms with Gasteiger partial charge in [-0.05, 0) is 37.1 Å². The van der Waals surface area contributed by atoms with Gasteiger partial charge in [-0.1, -0.05) is 6.92 Å². The highest BCUT2D eigenvalue weighted by Crippen LogP contribution is 1.97. The minimum absolute atomic E-state index is 0.469. The Labute approximate surface area is 91.9 Å². The van der Waals surface area contributed by atoms with Crippen LogP contribution in [0.2, 0.25) is 0 Å². The van der Waals surface area contributed by atoms with Crippen molar-refractivity contribution >= 4 is 0 Å². The summed E-state index contributed by atoms with van der Waals surface area (Å²) >= 11 is 0. The maximum absolute atomic E-state index is 5.13. The van der Waals surface area contributed by atoms with E-state index in [-0.39, 0.29) is 0 Å². The number of aromatic nitrogens is 1. The van der Waals surface area contributed by atoms with E-state index in [4.69, 9.17) is 4.74 Å². The molecule has 0 aliphatic heterocycles. The van der Waals surface area contributed by atoms with Crippen molar-refractivity contribution in [2.24, 2.45) is 0 Å². The average molecular weight is 208 g/mol. The maximum Gasteiger partial charge on any atom is 0.0615 e. The van der Waals surface area contributed by atoms with Crippen LogP contribution in [-0.4, -0.2) is 31.3 Å². The summed E-state index contributed by atoms with van der Waals surface area (Å²) in [7, 11) is 1.74. The Morgan fingerprint density at radius 1 is 1.40 bits per heavy atom. The quantitative estimate of drug-likeness (QED) is 0.739. The van der Waals surface area contributed by atoms with Crippen LogP contribution in [0.3, 0.4) is 0 Å². The highest BCUT2D eigenvalue weighted by atomic mass is 16.5. The van der Waals surface area contributed by atoms with Crippen LogP contribution >= 0.6 is 0 Å². The molecule has 0 bridgehead atoms. The third-order valence-electron chi connectivity index (χ3n) is 2.46. The van der Waals surface area contributed by atoms with E-state index in [9.17, 15) is 0 Å². The topological polar surface area (TPSA) is 34.1 Å². The summed E-state index contributed by atoms with van der Waals surface area (Å²) in [5.74, 6) is 0. The summed E-state index contributed by atoms with van der Waals surface area (Å²) in [6.07, 6.45) is 5.82. The molecule has 1 aromatic rings. The Morgan fingerprint density at radius 2 is 2.13 bits per heavy atom. The van der Waals surface area contributed by atoms with Gasteiger partial charge in [0, 0.05) is 25.5 Å². The van der Waals surface area contributed by atoms with Gasteiger partial charge in [0.2, 0.25) is 0 Å². The van der Waals surface area contributed by atoms with E-state index in [1.165, 1.54) is 5.56 Å². The Hall–Kier alpha value is -0.930. The lowest BCUT2D eigenvalue weighted by molar-refractivity contribution is 0.165. The number of ether oxygens (including phenoxy) is 1. The summed E-state index contributed by atoms with van der Waals surface area (Å²) in [6, 6.07) is 4.58. The normalized spacial score (nSPS) is 12.7. The first-order valence-electron chi connectivity index (χ1n) is 5.48. The van der Waals surface area contributed by atoms with Crippen molar-refractivity contribution in [1.82, 2.24) is 10.3 Å². The van der Waals surface area contributed by atoms with Crippen LogP contribution in [-0.2, 0) is 11.2 Å². The molecule has 0 saturated carbocycles. The van der Waals surface area contributed by atoms with E-state index in [1.54, 1.807) is 7.11 Å². The van der Waals surface area contributed by atoms with E-state index in [0.29, 0.717) is 6.04 Å². The van der Waals surface area contributed by atoms with Gasteiger partial charge in [-0.25, -0.2) is 0 Å². The van der Waals surface area contributed by atoms with Crippen molar-refractivity contribution < 1.29 is 4.74 Å². The molecule has 0 spiro atoms. The van der Waals surface area contributed by atoms with E-state index >= 15 is 0 Å². The number of hydrogen-bond donors (Lipinski definition) is 1. The number of pyridine rings is 1. The number of methoxy groups -OCH3 is 1. The average Bonchev–Trinajstić information content (AvgIpc) is 2.29. The molecular weight excluding hydrogens is 188 g/mol. The maximum atomic E-state index is 5.13. The molecule has 0 fully saturated rings. The van der Waals surface area contributed by atoms with Gasteiger partial charge >= 0.3 is 0 Å². The molecule has 3 heteroatoms. The Balaban J connectivity index is 2.20. The summed E-state index contributed by atoms with van der Waals surface area (Å²) in [4.78, 5) is 3.99. The lowest BCUT2D eigenvalue weighted by Gasteiger charge is -2.15. The lowest BCUT2D eigenvalue weighted by atomic mass is 10.2. The predicted octanol–water partition coefficient (Wildman–Crippen LogP) is 1.64. The molecule has 15 heavy (non-hydrogen) atoms. The van der Waals surface area contributed by atoms with Gasteiger partial charge < -0.3 is 10.1 Å². The van der Waals surface area contributed by atoms with E-state index in [1.807, 2.05) is 12.4 Å². The van der Waals surface area contributed by atoms with Crippen LogP contribution < -0.4 is 5.32 Å². The molecule has 0 aromatic carbocycles. The van der Waals surface area contributed by atoms with Gasteiger partial charge in [0.15, 0.2) is 0 Å². The van der Waals surface area contributed by atoms with Crippen molar-refractivity contribution in [3.8, 4) is 0 Å². The molecule has 0 radical (unpaired) electrons. The summed E-state index contributed by atoms with van der Waals surface area (Å²) in [5, 5.41) is 3.47. The molecule has 0 saturated heterocycles. The van der Waals surface area contributed by atoms with Crippen LogP contribution in [0, 0.1) is 0 Å². The summed E-state index contributed by atoms with van der Waals surface area (Å²) < 4.78 is 5.13. The molecule has 0 amide bonds. The number of hydrogen-bond acceptors (Lipinski definition) is 3. The van der Waals surface area contributed by atoms with Crippen molar-refractivity contribution in [3.63, 3.8) is 0 Å². The fraction of sp³-hybridized carbons (Fsp3) is 0.583. The van der Waals surface area contributed by atoms with Gasteiger partial charge in [-0.2, -0.15) is 0 Å². The molecule has 1 heterocycles. The standard InChI is InChI=1S/C12H20N2O/c1-3-12(10-15-2)14-9-6-11-4-7-13-8-5-11/h4-5,7-8,12,14H,3,6,9-10H2,1-2H3. The molecule has 1 N–H and O–H groups in total. The van der Waals surface area contributed by atoms with Crippen LogP contribution in [0.25, 0.3) is 0 Å². The molecule has 3 nitrogen and oxygen atoms in total. The Morgan fingerprint density at radius 3 is 2.73 bits per heavy atom. The first-order valence-corrected chi connectivity index (χ1v) is 5.48. The highest BCUT2D eigenvalue weighted by Gasteiger charge is 2.03. The molecular formula is C12H20N2O. The molecule has 1 rings (SSSR count). The third-order valence-corrected chi connectivity index (χ3v) is 2.46. The van der Waals surface area contributed by atoms with Crippen molar-refractivity contribution in [1.29, 1.82) is 0 Å². The lowest BCUT2D eigenvalue weighted by Crippen LogP contribution is -2.34.